The van der Waals surface area contributed by atoms with Crippen molar-refractivity contribution in [2.24, 2.45) is 11.8 Å². The van der Waals surface area contributed by atoms with Crippen molar-refractivity contribution in [3.63, 3.8) is 0 Å². The molecular formula is C13H26O2. The van der Waals surface area contributed by atoms with Gasteiger partial charge in [0.1, 0.15) is 0 Å². The highest BCUT2D eigenvalue weighted by atomic mass is 16.4. The SMILES string of the molecule is CC(C)CCCCC(C)CCCC(=O)O. The third-order valence-electron chi connectivity index (χ3n) is 2.82. The number of rotatable bonds is 9. The van der Waals surface area contributed by atoms with Crippen molar-refractivity contribution in [3.05, 3.63) is 0 Å². The number of unbranched alkanes of at least 4 members (excludes halogenated alkanes) is 1. The fourth-order valence-electron chi connectivity index (χ4n) is 1.79. The molecule has 2 nitrogen and oxygen atoms in total. The summed E-state index contributed by atoms with van der Waals surface area (Å²) in [7, 11) is 0. The molecule has 1 N–H and O–H groups in total. The van der Waals surface area contributed by atoms with Crippen LogP contribution in [0.5, 0.6) is 0 Å². The summed E-state index contributed by atoms with van der Waals surface area (Å²) in [5.41, 5.74) is 0. The summed E-state index contributed by atoms with van der Waals surface area (Å²) < 4.78 is 0. The molecule has 0 bridgehead atoms. The summed E-state index contributed by atoms with van der Waals surface area (Å²) >= 11 is 0. The number of carboxylic acid groups (broad SMARTS) is 1. The van der Waals surface area contributed by atoms with E-state index in [1.54, 1.807) is 0 Å². The Morgan fingerprint density at radius 3 is 2.07 bits per heavy atom. The molecule has 2 heteroatoms. The van der Waals surface area contributed by atoms with Crippen molar-refractivity contribution >= 4 is 5.97 Å². The van der Waals surface area contributed by atoms with Gasteiger partial charge in [0.15, 0.2) is 0 Å². The maximum atomic E-state index is 10.3. The second kappa shape index (κ2) is 8.75. The van der Waals surface area contributed by atoms with Crippen molar-refractivity contribution in [1.29, 1.82) is 0 Å². The van der Waals surface area contributed by atoms with Gasteiger partial charge in [-0.05, 0) is 18.3 Å². The average molecular weight is 214 g/mol. The lowest BCUT2D eigenvalue weighted by atomic mass is 9.96. The fraction of sp³-hybridized carbons (Fsp3) is 0.923. The summed E-state index contributed by atoms with van der Waals surface area (Å²) in [6, 6.07) is 0. The van der Waals surface area contributed by atoms with Gasteiger partial charge in [0.2, 0.25) is 0 Å². The van der Waals surface area contributed by atoms with Gasteiger partial charge >= 0.3 is 5.97 Å². The molecule has 0 aliphatic heterocycles. The number of carboxylic acids is 1. The molecular weight excluding hydrogens is 188 g/mol. The van der Waals surface area contributed by atoms with Crippen LogP contribution in [0.4, 0.5) is 0 Å². The highest BCUT2D eigenvalue weighted by molar-refractivity contribution is 5.66. The van der Waals surface area contributed by atoms with Crippen LogP contribution in [0.25, 0.3) is 0 Å². The van der Waals surface area contributed by atoms with Crippen LogP contribution in [-0.4, -0.2) is 11.1 Å². The van der Waals surface area contributed by atoms with Gasteiger partial charge in [-0.25, -0.2) is 0 Å². The van der Waals surface area contributed by atoms with Crippen LogP contribution in [0.15, 0.2) is 0 Å². The third kappa shape index (κ3) is 11.4. The van der Waals surface area contributed by atoms with E-state index in [9.17, 15) is 4.79 Å². The highest BCUT2D eigenvalue weighted by Gasteiger charge is 2.04. The molecule has 0 aliphatic rings. The van der Waals surface area contributed by atoms with Crippen molar-refractivity contribution in [2.45, 2.75) is 65.7 Å². The summed E-state index contributed by atoms with van der Waals surface area (Å²) in [5.74, 6) is 0.839. The van der Waals surface area contributed by atoms with Gasteiger partial charge in [0.25, 0.3) is 0 Å². The molecule has 0 saturated carbocycles. The smallest absolute Gasteiger partial charge is 0.303 e. The molecule has 1 unspecified atom stereocenters. The Morgan fingerprint density at radius 2 is 1.53 bits per heavy atom. The van der Waals surface area contributed by atoms with E-state index < -0.39 is 5.97 Å². The number of hydrogen-bond acceptors (Lipinski definition) is 1. The first-order valence-electron chi connectivity index (χ1n) is 6.24. The predicted molar refractivity (Wildman–Crippen MR) is 64.0 cm³/mol. The van der Waals surface area contributed by atoms with E-state index in [-0.39, 0.29) is 0 Å². The van der Waals surface area contributed by atoms with Gasteiger partial charge in [-0.15, -0.1) is 0 Å². The van der Waals surface area contributed by atoms with Crippen molar-refractivity contribution in [1.82, 2.24) is 0 Å². The molecule has 0 radical (unpaired) electrons. The van der Waals surface area contributed by atoms with E-state index >= 15 is 0 Å². The van der Waals surface area contributed by atoms with E-state index in [1.165, 1.54) is 25.7 Å². The Labute approximate surface area is 94.1 Å². The molecule has 90 valence electrons. The van der Waals surface area contributed by atoms with E-state index in [2.05, 4.69) is 20.8 Å². The lowest BCUT2D eigenvalue weighted by Crippen LogP contribution is -1.99. The van der Waals surface area contributed by atoms with Crippen molar-refractivity contribution in [3.8, 4) is 0 Å². The predicted octanol–water partition coefficient (Wildman–Crippen LogP) is 4.09. The van der Waals surface area contributed by atoms with Crippen molar-refractivity contribution < 1.29 is 9.90 Å². The zero-order valence-corrected chi connectivity index (χ0v) is 10.5. The Hall–Kier alpha value is -0.530. The maximum absolute atomic E-state index is 10.3. The van der Waals surface area contributed by atoms with Gasteiger partial charge < -0.3 is 5.11 Å². The van der Waals surface area contributed by atoms with Crippen molar-refractivity contribution in [2.75, 3.05) is 0 Å². The summed E-state index contributed by atoms with van der Waals surface area (Å²) in [4.78, 5) is 10.3. The Kier molecular flexibility index (Phi) is 8.44. The second-order valence-corrected chi connectivity index (χ2v) is 5.07. The van der Waals surface area contributed by atoms with Crippen LogP contribution < -0.4 is 0 Å². The van der Waals surface area contributed by atoms with Crippen LogP contribution in [0.2, 0.25) is 0 Å². The van der Waals surface area contributed by atoms with Gasteiger partial charge in [-0.3, -0.25) is 4.79 Å². The standard InChI is InChI=1S/C13H26O2/c1-11(2)7-4-5-8-12(3)9-6-10-13(14)15/h11-12H,4-10H2,1-3H3,(H,14,15). The molecule has 0 saturated heterocycles. The van der Waals surface area contributed by atoms with Crippen LogP contribution >= 0.6 is 0 Å². The first-order valence-corrected chi connectivity index (χ1v) is 6.24. The largest absolute Gasteiger partial charge is 0.481 e. The zero-order valence-electron chi connectivity index (χ0n) is 10.5. The minimum Gasteiger partial charge on any atom is -0.481 e. The highest BCUT2D eigenvalue weighted by Crippen LogP contribution is 2.17. The van der Waals surface area contributed by atoms with Gasteiger partial charge in [0.05, 0.1) is 0 Å². The average Bonchev–Trinajstić information content (AvgIpc) is 2.11. The lowest BCUT2D eigenvalue weighted by Gasteiger charge is -2.10. The first kappa shape index (κ1) is 14.5. The molecule has 0 amide bonds. The Morgan fingerprint density at radius 1 is 1.00 bits per heavy atom. The normalized spacial score (nSPS) is 13.1. The van der Waals surface area contributed by atoms with Crippen LogP contribution in [0, 0.1) is 11.8 Å². The molecule has 0 rings (SSSR count). The van der Waals surface area contributed by atoms with Gasteiger partial charge in [0, 0.05) is 6.42 Å². The molecule has 1 atom stereocenters. The van der Waals surface area contributed by atoms with E-state index in [0.29, 0.717) is 12.3 Å². The van der Waals surface area contributed by atoms with E-state index in [1.807, 2.05) is 0 Å². The first-order chi connectivity index (χ1) is 7.02. The summed E-state index contributed by atoms with van der Waals surface area (Å²) in [6.07, 6.45) is 7.42. The molecule has 0 heterocycles. The molecule has 0 fully saturated rings. The zero-order chi connectivity index (χ0) is 11.7. The molecule has 0 aliphatic carbocycles. The van der Waals surface area contributed by atoms with E-state index in [4.69, 9.17) is 5.11 Å². The Bertz CT molecular complexity index is 164. The topological polar surface area (TPSA) is 37.3 Å². The quantitative estimate of drug-likeness (QED) is 0.587. The molecule has 0 aromatic carbocycles. The molecule has 0 spiro atoms. The summed E-state index contributed by atoms with van der Waals surface area (Å²) in [6.45, 7) is 6.75. The van der Waals surface area contributed by atoms with E-state index in [0.717, 1.165) is 18.8 Å². The Balaban J connectivity index is 3.25. The number of carbonyl (C=O) groups is 1. The minimum absolute atomic E-state index is 0.330. The van der Waals surface area contributed by atoms with Crippen LogP contribution in [0.1, 0.15) is 65.7 Å². The third-order valence-corrected chi connectivity index (χ3v) is 2.82. The monoisotopic (exact) mass is 214 g/mol. The van der Waals surface area contributed by atoms with Gasteiger partial charge in [-0.2, -0.15) is 0 Å². The molecule has 15 heavy (non-hydrogen) atoms. The number of hydrogen-bond donors (Lipinski definition) is 1. The fourth-order valence-corrected chi connectivity index (χ4v) is 1.79. The van der Waals surface area contributed by atoms with Gasteiger partial charge in [-0.1, -0.05) is 52.9 Å². The summed E-state index contributed by atoms with van der Waals surface area (Å²) in [5, 5.41) is 8.50. The second-order valence-electron chi connectivity index (χ2n) is 5.07. The maximum Gasteiger partial charge on any atom is 0.303 e. The molecule has 0 aromatic heterocycles. The minimum atomic E-state index is -0.665. The number of aliphatic carboxylic acids is 1. The lowest BCUT2D eigenvalue weighted by molar-refractivity contribution is -0.137. The van der Waals surface area contributed by atoms with Crippen LogP contribution in [-0.2, 0) is 4.79 Å². The van der Waals surface area contributed by atoms with Crippen LogP contribution in [0.3, 0.4) is 0 Å². The molecule has 0 aromatic rings.